The number of carbonyl (C=O) groups is 1. The van der Waals surface area contributed by atoms with E-state index in [4.69, 9.17) is 5.11 Å². The summed E-state index contributed by atoms with van der Waals surface area (Å²) < 4.78 is 0. The average molecular weight is 263 g/mol. The van der Waals surface area contributed by atoms with Crippen LogP contribution in [0.25, 0.3) is 0 Å². The van der Waals surface area contributed by atoms with Gasteiger partial charge in [-0.2, -0.15) is 0 Å². The van der Waals surface area contributed by atoms with Gasteiger partial charge in [-0.1, -0.05) is 39.8 Å². The maximum absolute atomic E-state index is 10.9. The molecule has 0 heterocycles. The first-order valence-electron chi connectivity index (χ1n) is 6.83. The van der Waals surface area contributed by atoms with Crippen molar-refractivity contribution in [2.24, 2.45) is 11.3 Å². The monoisotopic (exact) mass is 263 g/mol. The van der Waals surface area contributed by atoms with Crippen molar-refractivity contribution in [1.29, 1.82) is 0 Å². The third-order valence-electron chi connectivity index (χ3n) is 3.07. The summed E-state index contributed by atoms with van der Waals surface area (Å²) >= 11 is 0. The van der Waals surface area contributed by atoms with Crippen molar-refractivity contribution in [3.8, 4) is 0 Å². The first-order chi connectivity index (χ1) is 8.80. The Balaban J connectivity index is 2.49. The van der Waals surface area contributed by atoms with Gasteiger partial charge in [0.25, 0.3) is 0 Å². The smallest absolute Gasteiger partial charge is 0.335 e. The molecule has 1 aromatic rings. The molecular weight excluding hydrogens is 238 g/mol. The lowest BCUT2D eigenvalue weighted by Crippen LogP contribution is -2.30. The quantitative estimate of drug-likeness (QED) is 0.791. The largest absolute Gasteiger partial charge is 0.478 e. The molecule has 0 atom stereocenters. The maximum Gasteiger partial charge on any atom is 0.335 e. The summed E-state index contributed by atoms with van der Waals surface area (Å²) in [6, 6.07) is 7.09. The minimum atomic E-state index is -0.873. The van der Waals surface area contributed by atoms with E-state index in [9.17, 15) is 4.79 Å². The highest BCUT2D eigenvalue weighted by Gasteiger charge is 2.18. The zero-order valence-corrected chi connectivity index (χ0v) is 12.4. The predicted molar refractivity (Wildman–Crippen MR) is 78.3 cm³/mol. The lowest BCUT2D eigenvalue weighted by Gasteiger charge is -2.27. The molecule has 2 N–H and O–H groups in total. The molecule has 1 aromatic carbocycles. The molecule has 0 aromatic heterocycles. The molecular formula is C16H25NO2. The van der Waals surface area contributed by atoms with Crippen LogP contribution in [0.4, 0.5) is 0 Å². The molecule has 0 amide bonds. The lowest BCUT2D eigenvalue weighted by molar-refractivity contribution is 0.0696. The summed E-state index contributed by atoms with van der Waals surface area (Å²) in [6.45, 7) is 10.6. The number of hydrogen-bond acceptors (Lipinski definition) is 2. The lowest BCUT2D eigenvalue weighted by atomic mass is 9.84. The van der Waals surface area contributed by atoms with Gasteiger partial charge in [0, 0.05) is 13.1 Å². The van der Waals surface area contributed by atoms with Gasteiger partial charge in [0.15, 0.2) is 0 Å². The molecule has 0 aliphatic carbocycles. The van der Waals surface area contributed by atoms with Gasteiger partial charge in [-0.05, 0) is 35.4 Å². The summed E-state index contributed by atoms with van der Waals surface area (Å²) in [5.41, 5.74) is 1.62. The fourth-order valence-electron chi connectivity index (χ4n) is 2.54. The molecule has 3 nitrogen and oxygen atoms in total. The first kappa shape index (κ1) is 15.7. The van der Waals surface area contributed by atoms with Crippen LogP contribution in [-0.2, 0) is 6.54 Å². The summed E-state index contributed by atoms with van der Waals surface area (Å²) in [7, 11) is 0. The molecule has 0 aliphatic rings. The van der Waals surface area contributed by atoms with Crippen LogP contribution in [0.5, 0.6) is 0 Å². The van der Waals surface area contributed by atoms with Crippen LogP contribution in [0.1, 0.15) is 50.0 Å². The molecule has 3 heteroatoms. The van der Waals surface area contributed by atoms with E-state index in [-0.39, 0.29) is 5.41 Å². The summed E-state index contributed by atoms with van der Waals surface area (Å²) in [5, 5.41) is 12.4. The maximum atomic E-state index is 10.9. The molecule has 0 radical (unpaired) electrons. The van der Waals surface area contributed by atoms with Gasteiger partial charge in [0.1, 0.15) is 0 Å². The molecule has 106 valence electrons. The van der Waals surface area contributed by atoms with Crippen LogP contribution in [0.15, 0.2) is 24.3 Å². The highest BCUT2D eigenvalue weighted by Crippen LogP contribution is 2.24. The van der Waals surface area contributed by atoms with Crippen LogP contribution >= 0.6 is 0 Å². The number of benzene rings is 1. The van der Waals surface area contributed by atoms with Crippen molar-refractivity contribution < 1.29 is 9.90 Å². The molecule has 19 heavy (non-hydrogen) atoms. The summed E-state index contributed by atoms with van der Waals surface area (Å²) in [5.74, 6) is -0.186. The van der Waals surface area contributed by atoms with E-state index in [1.54, 1.807) is 18.2 Å². The molecule has 0 unspecified atom stereocenters. The molecule has 0 fully saturated rings. The van der Waals surface area contributed by atoms with E-state index in [0.717, 1.165) is 12.1 Å². The third-order valence-corrected chi connectivity index (χ3v) is 3.07. The Morgan fingerprint density at radius 3 is 2.63 bits per heavy atom. The highest BCUT2D eigenvalue weighted by atomic mass is 16.4. The normalized spacial score (nSPS) is 11.8. The Morgan fingerprint density at radius 1 is 1.37 bits per heavy atom. The van der Waals surface area contributed by atoms with Crippen LogP contribution in [0.2, 0.25) is 0 Å². The minimum absolute atomic E-state index is 0.262. The average Bonchev–Trinajstić information content (AvgIpc) is 2.27. The van der Waals surface area contributed by atoms with E-state index in [2.05, 4.69) is 33.0 Å². The summed E-state index contributed by atoms with van der Waals surface area (Å²) in [6.07, 6.45) is 1.18. The number of rotatable bonds is 7. The molecule has 0 aliphatic heterocycles. The Morgan fingerprint density at radius 2 is 2.05 bits per heavy atom. The zero-order chi connectivity index (χ0) is 14.5. The third kappa shape index (κ3) is 5.88. The van der Waals surface area contributed by atoms with E-state index in [1.165, 1.54) is 6.42 Å². The molecule has 1 rings (SSSR count). The van der Waals surface area contributed by atoms with Crippen molar-refractivity contribution >= 4 is 5.97 Å². The van der Waals surface area contributed by atoms with E-state index < -0.39 is 5.97 Å². The zero-order valence-electron chi connectivity index (χ0n) is 12.4. The molecule has 0 saturated heterocycles. The van der Waals surface area contributed by atoms with Crippen molar-refractivity contribution in [3.63, 3.8) is 0 Å². The number of hydrogen-bond donors (Lipinski definition) is 2. The van der Waals surface area contributed by atoms with Crippen molar-refractivity contribution in [3.05, 3.63) is 35.4 Å². The first-order valence-corrected chi connectivity index (χ1v) is 6.83. The van der Waals surface area contributed by atoms with Crippen LogP contribution in [0.3, 0.4) is 0 Å². The van der Waals surface area contributed by atoms with Crippen molar-refractivity contribution in [1.82, 2.24) is 5.32 Å². The number of aromatic carboxylic acids is 1. The highest BCUT2D eigenvalue weighted by molar-refractivity contribution is 5.87. The standard InChI is InChI=1S/C16H25NO2/c1-12(2)9-16(3,4)11-17-10-13-6-5-7-14(8-13)15(18)19/h5-8,12,17H,9-11H2,1-4H3,(H,18,19). The van der Waals surface area contributed by atoms with E-state index >= 15 is 0 Å². The van der Waals surface area contributed by atoms with Gasteiger partial charge in [-0.15, -0.1) is 0 Å². The van der Waals surface area contributed by atoms with Crippen molar-refractivity contribution in [2.75, 3.05) is 6.54 Å². The van der Waals surface area contributed by atoms with Gasteiger partial charge in [0.05, 0.1) is 5.56 Å². The van der Waals surface area contributed by atoms with Crippen LogP contribution in [0, 0.1) is 11.3 Å². The molecule has 0 spiro atoms. The van der Waals surface area contributed by atoms with E-state index in [0.29, 0.717) is 18.0 Å². The van der Waals surface area contributed by atoms with E-state index in [1.807, 2.05) is 6.07 Å². The topological polar surface area (TPSA) is 49.3 Å². The Kier molecular flexibility index (Phi) is 5.55. The fourth-order valence-corrected chi connectivity index (χ4v) is 2.54. The second-order valence-electron chi connectivity index (χ2n) is 6.37. The second-order valence-corrected chi connectivity index (χ2v) is 6.37. The summed E-state index contributed by atoms with van der Waals surface area (Å²) in [4.78, 5) is 10.9. The number of nitrogens with one attached hydrogen (secondary N) is 1. The van der Waals surface area contributed by atoms with Gasteiger partial charge >= 0.3 is 5.97 Å². The SMILES string of the molecule is CC(C)CC(C)(C)CNCc1cccc(C(=O)O)c1. The number of carboxylic acid groups (broad SMARTS) is 1. The Bertz CT molecular complexity index is 425. The van der Waals surface area contributed by atoms with Gasteiger partial charge in [-0.3, -0.25) is 0 Å². The van der Waals surface area contributed by atoms with Crippen molar-refractivity contribution in [2.45, 2.75) is 40.7 Å². The predicted octanol–water partition coefficient (Wildman–Crippen LogP) is 3.55. The second kappa shape index (κ2) is 6.71. The number of carboxylic acids is 1. The van der Waals surface area contributed by atoms with Gasteiger partial charge < -0.3 is 10.4 Å². The van der Waals surface area contributed by atoms with Crippen LogP contribution < -0.4 is 5.32 Å². The van der Waals surface area contributed by atoms with Crippen LogP contribution in [-0.4, -0.2) is 17.6 Å². The molecule has 0 saturated carbocycles. The Hall–Kier alpha value is -1.35. The minimum Gasteiger partial charge on any atom is -0.478 e. The van der Waals surface area contributed by atoms with Gasteiger partial charge in [-0.25, -0.2) is 4.79 Å². The van der Waals surface area contributed by atoms with Gasteiger partial charge in [0.2, 0.25) is 0 Å². The fraction of sp³-hybridized carbons (Fsp3) is 0.562. The Labute approximate surface area is 116 Å². The molecule has 0 bridgehead atoms.